The number of rotatable bonds is 3. The number of sulfone groups is 1. The Bertz CT molecular complexity index is 1000. The van der Waals surface area contributed by atoms with Crippen LogP contribution in [0.5, 0.6) is 0 Å². The predicted molar refractivity (Wildman–Crippen MR) is 87.5 cm³/mol. The van der Waals surface area contributed by atoms with E-state index < -0.39 is 39.9 Å². The summed E-state index contributed by atoms with van der Waals surface area (Å²) in [6, 6.07) is 5.22. The summed E-state index contributed by atoms with van der Waals surface area (Å²) in [4.78, 5) is 35.9. The number of hydrogen-bond donors (Lipinski definition) is 2. The molecule has 1 aliphatic rings. The first kappa shape index (κ1) is 17.0. The molecule has 1 aliphatic heterocycles. The molecule has 0 unspecified atom stereocenters. The van der Waals surface area contributed by atoms with Crippen LogP contribution in [-0.4, -0.2) is 52.9 Å². The lowest BCUT2D eigenvalue weighted by Crippen LogP contribution is -2.46. The molecular formula is C14H15N5O5S. The first-order chi connectivity index (χ1) is 11.8. The van der Waals surface area contributed by atoms with Gasteiger partial charge in [-0.2, -0.15) is 0 Å². The van der Waals surface area contributed by atoms with Crippen molar-refractivity contribution in [3.8, 4) is 0 Å². The summed E-state index contributed by atoms with van der Waals surface area (Å²) in [6.45, 7) is -0.479. The van der Waals surface area contributed by atoms with E-state index in [0.717, 1.165) is 4.68 Å². The Kier molecular flexibility index (Phi) is 4.49. The minimum atomic E-state index is -3.14. The average molecular weight is 365 g/mol. The summed E-state index contributed by atoms with van der Waals surface area (Å²) >= 11 is 0. The molecule has 1 aromatic heterocycles. The first-order valence-electron chi connectivity index (χ1n) is 7.47. The zero-order valence-electron chi connectivity index (χ0n) is 13.0. The van der Waals surface area contributed by atoms with Crippen molar-refractivity contribution in [1.82, 2.24) is 25.6 Å². The van der Waals surface area contributed by atoms with Gasteiger partial charge in [0, 0.05) is 6.04 Å². The number of nitrogens with one attached hydrogen (secondary N) is 2. The summed E-state index contributed by atoms with van der Waals surface area (Å²) < 4.78 is 23.5. The van der Waals surface area contributed by atoms with Crippen LogP contribution in [0.3, 0.4) is 0 Å². The number of nitrogens with zero attached hydrogens (tertiary/aromatic N) is 3. The number of carbonyl (C=O) groups is 2. The number of aromatic nitrogens is 3. The third-order valence-corrected chi connectivity index (χ3v) is 5.51. The number of hydrogen-bond acceptors (Lipinski definition) is 7. The second-order valence-electron chi connectivity index (χ2n) is 5.69. The van der Waals surface area contributed by atoms with Crippen LogP contribution < -0.4 is 16.2 Å². The van der Waals surface area contributed by atoms with E-state index in [2.05, 4.69) is 15.6 Å². The molecule has 1 saturated heterocycles. The van der Waals surface area contributed by atoms with Crippen LogP contribution in [0.25, 0.3) is 10.9 Å². The third kappa shape index (κ3) is 3.99. The van der Waals surface area contributed by atoms with E-state index in [1.54, 1.807) is 24.3 Å². The summed E-state index contributed by atoms with van der Waals surface area (Å²) in [5.41, 5.74) is -0.0904. The Morgan fingerprint density at radius 1 is 1.28 bits per heavy atom. The molecule has 0 saturated carbocycles. The number of carbonyl (C=O) groups excluding carboxylic acids is 2. The molecule has 1 atom stereocenters. The lowest BCUT2D eigenvalue weighted by Gasteiger charge is -2.11. The SMILES string of the molecule is O=C(Cn1nnc2ccccc2c1=O)NC(=O)N[C@H]1CCS(=O)(=O)C1. The molecule has 11 heteroatoms. The van der Waals surface area contributed by atoms with E-state index in [1.165, 1.54) is 0 Å². The maximum atomic E-state index is 12.2. The highest BCUT2D eigenvalue weighted by atomic mass is 32.2. The van der Waals surface area contributed by atoms with E-state index in [0.29, 0.717) is 17.3 Å². The number of imide groups is 1. The van der Waals surface area contributed by atoms with Gasteiger partial charge in [-0.05, 0) is 18.6 Å². The Morgan fingerprint density at radius 3 is 2.76 bits per heavy atom. The van der Waals surface area contributed by atoms with Gasteiger partial charge in [-0.15, -0.1) is 5.10 Å². The van der Waals surface area contributed by atoms with Crippen molar-refractivity contribution >= 4 is 32.7 Å². The second kappa shape index (κ2) is 6.59. The number of amides is 3. The molecule has 3 rings (SSSR count). The Labute approximate surface area is 142 Å². The van der Waals surface area contributed by atoms with Crippen molar-refractivity contribution in [2.45, 2.75) is 19.0 Å². The van der Waals surface area contributed by atoms with Gasteiger partial charge in [0.25, 0.3) is 5.56 Å². The third-order valence-electron chi connectivity index (χ3n) is 3.74. The molecule has 10 nitrogen and oxygen atoms in total. The molecular weight excluding hydrogens is 350 g/mol. The lowest BCUT2D eigenvalue weighted by molar-refractivity contribution is -0.120. The summed E-state index contributed by atoms with van der Waals surface area (Å²) in [5, 5.41) is 12.3. The van der Waals surface area contributed by atoms with Crippen molar-refractivity contribution in [2.24, 2.45) is 0 Å². The van der Waals surface area contributed by atoms with E-state index in [9.17, 15) is 22.8 Å². The fourth-order valence-electron chi connectivity index (χ4n) is 2.56. The highest BCUT2D eigenvalue weighted by Gasteiger charge is 2.29. The van der Waals surface area contributed by atoms with Crippen LogP contribution >= 0.6 is 0 Å². The van der Waals surface area contributed by atoms with Gasteiger partial charge in [-0.3, -0.25) is 14.9 Å². The zero-order valence-corrected chi connectivity index (χ0v) is 13.8. The minimum Gasteiger partial charge on any atom is -0.334 e. The van der Waals surface area contributed by atoms with E-state index in [4.69, 9.17) is 0 Å². The fourth-order valence-corrected chi connectivity index (χ4v) is 4.23. The molecule has 132 valence electrons. The van der Waals surface area contributed by atoms with Gasteiger partial charge in [-0.1, -0.05) is 17.3 Å². The minimum absolute atomic E-state index is 0.00790. The van der Waals surface area contributed by atoms with Gasteiger partial charge in [-0.25, -0.2) is 17.9 Å². The first-order valence-corrected chi connectivity index (χ1v) is 9.29. The molecule has 0 spiro atoms. The monoisotopic (exact) mass is 365 g/mol. The van der Waals surface area contributed by atoms with Crippen molar-refractivity contribution in [2.75, 3.05) is 11.5 Å². The van der Waals surface area contributed by atoms with E-state index >= 15 is 0 Å². The van der Waals surface area contributed by atoms with Gasteiger partial charge in [0.2, 0.25) is 5.91 Å². The van der Waals surface area contributed by atoms with Gasteiger partial charge in [0.15, 0.2) is 9.84 Å². The van der Waals surface area contributed by atoms with Crippen molar-refractivity contribution in [3.63, 3.8) is 0 Å². The Balaban J connectivity index is 1.62. The Hall–Kier alpha value is -2.82. The summed E-state index contributed by atoms with van der Waals surface area (Å²) in [5.74, 6) is -0.900. The smallest absolute Gasteiger partial charge is 0.321 e. The highest BCUT2D eigenvalue weighted by molar-refractivity contribution is 7.91. The average Bonchev–Trinajstić information content (AvgIpc) is 2.88. The second-order valence-corrected chi connectivity index (χ2v) is 7.92. The molecule has 0 radical (unpaired) electrons. The summed E-state index contributed by atoms with van der Waals surface area (Å²) in [6.07, 6.45) is 0.305. The van der Waals surface area contributed by atoms with Crippen LogP contribution in [0.4, 0.5) is 4.79 Å². The fraction of sp³-hybridized carbons (Fsp3) is 0.357. The molecule has 2 aromatic rings. The van der Waals surface area contributed by atoms with Gasteiger partial charge in [0.1, 0.15) is 12.1 Å². The molecule has 0 aliphatic carbocycles. The van der Waals surface area contributed by atoms with E-state index in [1.807, 2.05) is 5.32 Å². The van der Waals surface area contributed by atoms with Gasteiger partial charge >= 0.3 is 6.03 Å². The molecule has 2 N–H and O–H groups in total. The highest BCUT2D eigenvalue weighted by Crippen LogP contribution is 2.10. The molecule has 0 bridgehead atoms. The van der Waals surface area contributed by atoms with Crippen LogP contribution in [0, 0.1) is 0 Å². The Morgan fingerprint density at radius 2 is 2.04 bits per heavy atom. The van der Waals surface area contributed by atoms with Crippen molar-refractivity contribution < 1.29 is 18.0 Å². The van der Waals surface area contributed by atoms with Crippen LogP contribution in [-0.2, 0) is 21.2 Å². The number of benzene rings is 1. The maximum absolute atomic E-state index is 12.2. The molecule has 1 fully saturated rings. The molecule has 2 heterocycles. The normalized spacial score (nSPS) is 18.8. The predicted octanol–water partition coefficient (Wildman–Crippen LogP) is -1.20. The van der Waals surface area contributed by atoms with Gasteiger partial charge in [0.05, 0.1) is 16.9 Å². The number of urea groups is 1. The van der Waals surface area contributed by atoms with E-state index in [-0.39, 0.29) is 11.5 Å². The molecule has 1 aromatic carbocycles. The quantitative estimate of drug-likeness (QED) is 0.696. The van der Waals surface area contributed by atoms with Crippen LogP contribution in [0.1, 0.15) is 6.42 Å². The van der Waals surface area contributed by atoms with Gasteiger partial charge < -0.3 is 5.32 Å². The van der Waals surface area contributed by atoms with Crippen LogP contribution in [0.2, 0.25) is 0 Å². The lowest BCUT2D eigenvalue weighted by atomic mass is 10.2. The molecule has 3 amide bonds. The zero-order chi connectivity index (χ0) is 18.0. The standard InChI is InChI=1S/C14H15N5O5S/c20-12(16-14(22)15-9-5-6-25(23,24)8-9)7-19-13(21)10-3-1-2-4-11(10)17-18-19/h1-4,9H,5-8H2,(H2,15,16,20,22)/t9-/m0/s1. The number of fused-ring (bicyclic) bond motifs is 1. The maximum Gasteiger partial charge on any atom is 0.321 e. The topological polar surface area (TPSA) is 140 Å². The van der Waals surface area contributed by atoms with Crippen LogP contribution in [0.15, 0.2) is 29.1 Å². The summed E-state index contributed by atoms with van der Waals surface area (Å²) in [7, 11) is -3.14. The van der Waals surface area contributed by atoms with Crippen molar-refractivity contribution in [1.29, 1.82) is 0 Å². The largest absolute Gasteiger partial charge is 0.334 e. The van der Waals surface area contributed by atoms with Crippen molar-refractivity contribution in [3.05, 3.63) is 34.6 Å². The molecule has 25 heavy (non-hydrogen) atoms.